The molecule has 0 spiro atoms. The highest BCUT2D eigenvalue weighted by Gasteiger charge is 2.14. The van der Waals surface area contributed by atoms with Crippen LogP contribution >= 0.6 is 0 Å². The summed E-state index contributed by atoms with van der Waals surface area (Å²) in [7, 11) is 4.68. The molecule has 0 aliphatic heterocycles. The molecule has 6 nitrogen and oxygen atoms in total. The van der Waals surface area contributed by atoms with Crippen molar-refractivity contribution in [2.24, 2.45) is 14.1 Å². The van der Waals surface area contributed by atoms with Crippen LogP contribution < -0.4 is 16.0 Å². The molecule has 6 heteroatoms. The number of methoxy groups -OCH3 is 1. The van der Waals surface area contributed by atoms with E-state index in [4.69, 9.17) is 4.74 Å². The number of rotatable bonds is 1. The summed E-state index contributed by atoms with van der Waals surface area (Å²) in [5.41, 5.74) is 0.666. The molecular weight excluding hydrogens is 246 g/mol. The third-order valence-corrected chi connectivity index (χ3v) is 3.41. The summed E-state index contributed by atoms with van der Waals surface area (Å²) in [6.07, 6.45) is 0. The van der Waals surface area contributed by atoms with E-state index in [-0.39, 0.29) is 11.2 Å². The summed E-state index contributed by atoms with van der Waals surface area (Å²) in [6.45, 7) is 0. The van der Waals surface area contributed by atoms with E-state index < -0.39 is 0 Å². The summed E-state index contributed by atoms with van der Waals surface area (Å²) in [4.78, 5) is 27.2. The smallest absolute Gasteiger partial charge is 0.332 e. The van der Waals surface area contributed by atoms with E-state index in [1.807, 2.05) is 6.07 Å². The Morgan fingerprint density at radius 1 is 1.16 bits per heavy atom. The Morgan fingerprint density at radius 3 is 2.58 bits per heavy atom. The fourth-order valence-electron chi connectivity index (χ4n) is 2.33. The molecule has 0 bridgehead atoms. The van der Waals surface area contributed by atoms with Gasteiger partial charge in [-0.05, 0) is 18.2 Å². The molecule has 2 heterocycles. The number of ether oxygens (including phenoxy) is 1. The van der Waals surface area contributed by atoms with Gasteiger partial charge >= 0.3 is 5.69 Å². The second-order valence-corrected chi connectivity index (χ2v) is 4.47. The van der Waals surface area contributed by atoms with Crippen molar-refractivity contribution in [2.75, 3.05) is 7.11 Å². The SMILES string of the molecule is COc1ccc2[nH]c3c(c(=O)n(C)c(=O)n3C)c2c1. The first kappa shape index (κ1) is 11.6. The number of nitrogens with one attached hydrogen (secondary N) is 1. The van der Waals surface area contributed by atoms with Crippen molar-refractivity contribution in [1.82, 2.24) is 14.1 Å². The molecule has 3 aromatic rings. The third kappa shape index (κ3) is 1.43. The number of hydrogen-bond acceptors (Lipinski definition) is 3. The van der Waals surface area contributed by atoms with Crippen LogP contribution in [0, 0.1) is 0 Å². The lowest BCUT2D eigenvalue weighted by Gasteiger charge is -2.03. The van der Waals surface area contributed by atoms with Crippen LogP contribution in [-0.2, 0) is 14.1 Å². The number of aromatic nitrogens is 3. The Labute approximate surface area is 107 Å². The van der Waals surface area contributed by atoms with Crippen LogP contribution in [0.5, 0.6) is 5.75 Å². The van der Waals surface area contributed by atoms with Gasteiger partial charge in [-0.15, -0.1) is 0 Å². The maximum Gasteiger partial charge on any atom is 0.332 e. The van der Waals surface area contributed by atoms with Gasteiger partial charge in [0.2, 0.25) is 0 Å². The Kier molecular flexibility index (Phi) is 2.28. The molecule has 0 amide bonds. The Bertz CT molecular complexity index is 915. The summed E-state index contributed by atoms with van der Waals surface area (Å²) in [5.74, 6) is 0.671. The zero-order valence-corrected chi connectivity index (χ0v) is 10.9. The van der Waals surface area contributed by atoms with Crippen molar-refractivity contribution in [3.05, 3.63) is 39.0 Å². The number of nitrogens with zero attached hydrogens (tertiary/aromatic N) is 2. The quantitative estimate of drug-likeness (QED) is 0.700. The van der Waals surface area contributed by atoms with Crippen LogP contribution in [0.1, 0.15) is 0 Å². The van der Waals surface area contributed by atoms with Gasteiger partial charge < -0.3 is 9.72 Å². The average Bonchev–Trinajstić information content (AvgIpc) is 2.81. The average molecular weight is 259 g/mol. The van der Waals surface area contributed by atoms with Crippen LogP contribution in [0.3, 0.4) is 0 Å². The highest BCUT2D eigenvalue weighted by molar-refractivity contribution is 6.06. The Morgan fingerprint density at radius 2 is 1.89 bits per heavy atom. The van der Waals surface area contributed by atoms with Crippen LogP contribution in [0.2, 0.25) is 0 Å². The molecule has 1 N–H and O–H groups in total. The van der Waals surface area contributed by atoms with Crippen molar-refractivity contribution in [3.8, 4) is 5.75 Å². The molecule has 98 valence electrons. The number of aromatic amines is 1. The van der Waals surface area contributed by atoms with Gasteiger partial charge in [0, 0.05) is 25.0 Å². The largest absolute Gasteiger partial charge is 0.497 e. The van der Waals surface area contributed by atoms with Gasteiger partial charge in [-0.3, -0.25) is 13.9 Å². The summed E-state index contributed by atoms with van der Waals surface area (Å²) in [5, 5.41) is 1.25. The van der Waals surface area contributed by atoms with E-state index in [0.29, 0.717) is 16.8 Å². The minimum Gasteiger partial charge on any atom is -0.497 e. The molecule has 0 saturated carbocycles. The molecule has 0 aliphatic rings. The predicted molar refractivity (Wildman–Crippen MR) is 72.8 cm³/mol. The lowest BCUT2D eigenvalue weighted by Crippen LogP contribution is -2.36. The fraction of sp³-hybridized carbons (Fsp3) is 0.231. The lowest BCUT2D eigenvalue weighted by atomic mass is 10.2. The number of fused-ring (bicyclic) bond motifs is 3. The zero-order chi connectivity index (χ0) is 13.7. The van der Waals surface area contributed by atoms with Crippen molar-refractivity contribution in [3.63, 3.8) is 0 Å². The molecule has 1 aromatic carbocycles. The van der Waals surface area contributed by atoms with Gasteiger partial charge in [-0.25, -0.2) is 4.79 Å². The molecule has 0 fully saturated rings. The van der Waals surface area contributed by atoms with Gasteiger partial charge in [0.1, 0.15) is 11.4 Å². The summed E-state index contributed by atoms with van der Waals surface area (Å²) in [6, 6.07) is 5.43. The molecule has 0 radical (unpaired) electrons. The first-order valence-corrected chi connectivity index (χ1v) is 5.80. The van der Waals surface area contributed by atoms with Crippen molar-refractivity contribution in [2.45, 2.75) is 0 Å². The molecule has 3 rings (SSSR count). The molecule has 0 atom stereocenters. The minimum atomic E-state index is -0.351. The topological polar surface area (TPSA) is 69.0 Å². The van der Waals surface area contributed by atoms with Gasteiger partial charge in [0.05, 0.1) is 12.5 Å². The van der Waals surface area contributed by atoms with Gasteiger partial charge in [0.25, 0.3) is 5.56 Å². The van der Waals surface area contributed by atoms with E-state index in [9.17, 15) is 9.59 Å². The lowest BCUT2D eigenvalue weighted by molar-refractivity contribution is 0.415. The second-order valence-electron chi connectivity index (χ2n) is 4.47. The standard InChI is InChI=1S/C13H13N3O3/c1-15-11-10(12(17)16(2)13(15)18)8-6-7(19-3)4-5-9(8)14-11/h4-6,14H,1-3H3. The second kappa shape index (κ2) is 3.74. The van der Waals surface area contributed by atoms with E-state index in [1.54, 1.807) is 26.3 Å². The van der Waals surface area contributed by atoms with Crippen LogP contribution in [-0.4, -0.2) is 21.2 Å². The minimum absolute atomic E-state index is 0.308. The van der Waals surface area contributed by atoms with Crippen LogP contribution in [0.25, 0.3) is 21.9 Å². The first-order chi connectivity index (χ1) is 9.04. The van der Waals surface area contributed by atoms with Gasteiger partial charge in [-0.1, -0.05) is 0 Å². The Balaban J connectivity index is 2.64. The highest BCUT2D eigenvalue weighted by atomic mass is 16.5. The van der Waals surface area contributed by atoms with E-state index in [1.165, 1.54) is 11.6 Å². The van der Waals surface area contributed by atoms with Crippen LogP contribution in [0.4, 0.5) is 0 Å². The Hall–Kier alpha value is -2.50. The number of benzene rings is 1. The summed E-state index contributed by atoms with van der Waals surface area (Å²) < 4.78 is 7.71. The molecule has 2 aromatic heterocycles. The predicted octanol–water partition coefficient (Wildman–Crippen LogP) is 0.727. The van der Waals surface area contributed by atoms with Crippen molar-refractivity contribution in [1.29, 1.82) is 0 Å². The monoisotopic (exact) mass is 259 g/mol. The van der Waals surface area contributed by atoms with E-state index in [2.05, 4.69) is 4.98 Å². The molecular formula is C13H13N3O3. The third-order valence-electron chi connectivity index (χ3n) is 3.41. The zero-order valence-electron chi connectivity index (χ0n) is 10.9. The maximum atomic E-state index is 12.3. The van der Waals surface area contributed by atoms with Crippen LogP contribution in [0.15, 0.2) is 27.8 Å². The van der Waals surface area contributed by atoms with E-state index >= 15 is 0 Å². The number of H-pyrrole nitrogens is 1. The molecule has 0 unspecified atom stereocenters. The molecule has 0 saturated heterocycles. The number of aryl methyl sites for hydroxylation is 1. The van der Waals surface area contributed by atoms with Crippen molar-refractivity contribution < 1.29 is 4.74 Å². The first-order valence-electron chi connectivity index (χ1n) is 5.80. The maximum absolute atomic E-state index is 12.3. The van der Waals surface area contributed by atoms with Gasteiger partial charge in [-0.2, -0.15) is 0 Å². The van der Waals surface area contributed by atoms with Crippen molar-refractivity contribution >= 4 is 21.9 Å². The molecule has 0 aliphatic carbocycles. The molecule has 19 heavy (non-hydrogen) atoms. The number of hydrogen-bond donors (Lipinski definition) is 1. The highest BCUT2D eigenvalue weighted by Crippen LogP contribution is 2.25. The summed E-state index contributed by atoms with van der Waals surface area (Å²) >= 11 is 0. The fourth-order valence-corrected chi connectivity index (χ4v) is 2.33. The van der Waals surface area contributed by atoms with E-state index in [0.717, 1.165) is 15.5 Å². The van der Waals surface area contributed by atoms with Gasteiger partial charge in [0.15, 0.2) is 0 Å². The normalized spacial score (nSPS) is 11.3.